The van der Waals surface area contributed by atoms with Crippen LogP contribution in [0, 0.1) is 0 Å². The van der Waals surface area contributed by atoms with Gasteiger partial charge in [-0.3, -0.25) is 4.79 Å². The van der Waals surface area contributed by atoms with Crippen molar-refractivity contribution in [3.63, 3.8) is 0 Å². The topological polar surface area (TPSA) is 81.9 Å². The Morgan fingerprint density at radius 2 is 1.79 bits per heavy atom. The van der Waals surface area contributed by atoms with Crippen molar-refractivity contribution in [3.8, 4) is 11.4 Å². The smallest absolute Gasteiger partial charge is 0.224 e. The second-order valence-electron chi connectivity index (χ2n) is 7.57. The Balaban J connectivity index is 1.40. The van der Waals surface area contributed by atoms with Gasteiger partial charge in [0, 0.05) is 0 Å². The van der Waals surface area contributed by atoms with E-state index in [4.69, 9.17) is 4.74 Å². The summed E-state index contributed by atoms with van der Waals surface area (Å²) < 4.78 is 7.26. The lowest BCUT2D eigenvalue weighted by Crippen LogP contribution is -2.29. The Hall–Kier alpha value is -3.22. The molecule has 0 saturated heterocycles. The van der Waals surface area contributed by atoms with E-state index >= 15 is 0 Å². The molecule has 0 unspecified atom stereocenters. The number of aromatic nitrogens is 4. The van der Waals surface area contributed by atoms with Crippen molar-refractivity contribution >= 4 is 5.91 Å². The summed E-state index contributed by atoms with van der Waals surface area (Å²) in [5, 5.41) is 13.9. The van der Waals surface area contributed by atoms with Gasteiger partial charge in [-0.05, 0) is 51.2 Å². The van der Waals surface area contributed by atoms with Crippen molar-refractivity contribution in [1.29, 1.82) is 0 Å². The largest absolute Gasteiger partial charge is 0.492 e. The highest BCUT2D eigenvalue weighted by Crippen LogP contribution is 2.24. The fourth-order valence-corrected chi connectivity index (χ4v) is 2.70. The van der Waals surface area contributed by atoms with Gasteiger partial charge in [-0.1, -0.05) is 45.0 Å². The molecular formula is C21H25N5O2. The van der Waals surface area contributed by atoms with Gasteiger partial charge in [0.25, 0.3) is 0 Å². The maximum atomic E-state index is 12.1. The lowest BCUT2D eigenvalue weighted by atomic mass is 9.87. The van der Waals surface area contributed by atoms with Crippen LogP contribution in [0.5, 0.6) is 5.75 Å². The molecule has 1 aromatic heterocycles. The Morgan fingerprint density at radius 1 is 1.07 bits per heavy atom. The first-order valence-electron chi connectivity index (χ1n) is 9.24. The van der Waals surface area contributed by atoms with E-state index in [-0.39, 0.29) is 11.3 Å². The molecule has 1 N–H and O–H groups in total. The second kappa shape index (κ2) is 8.65. The number of amides is 1. The average Bonchev–Trinajstić information content (AvgIpc) is 3.20. The van der Waals surface area contributed by atoms with E-state index in [2.05, 4.69) is 53.7 Å². The van der Waals surface area contributed by atoms with Gasteiger partial charge in [0.15, 0.2) is 0 Å². The SMILES string of the molecule is CC(C)(C)c1ccc(OCCNC(=O)Cc2ccc(-n3cnnn3)cc2)cc1. The van der Waals surface area contributed by atoms with E-state index in [0.29, 0.717) is 19.6 Å². The van der Waals surface area contributed by atoms with Crippen molar-refractivity contribution in [1.82, 2.24) is 25.5 Å². The Morgan fingerprint density at radius 3 is 2.39 bits per heavy atom. The lowest BCUT2D eigenvalue weighted by Gasteiger charge is -2.19. The summed E-state index contributed by atoms with van der Waals surface area (Å²) in [5.41, 5.74) is 3.16. The van der Waals surface area contributed by atoms with Crippen LogP contribution in [0.3, 0.4) is 0 Å². The van der Waals surface area contributed by atoms with Gasteiger partial charge in [-0.2, -0.15) is 0 Å². The molecule has 146 valence electrons. The van der Waals surface area contributed by atoms with E-state index in [1.54, 1.807) is 4.68 Å². The van der Waals surface area contributed by atoms with Crippen LogP contribution >= 0.6 is 0 Å². The zero-order valence-electron chi connectivity index (χ0n) is 16.4. The van der Waals surface area contributed by atoms with Crippen molar-refractivity contribution in [3.05, 3.63) is 66.0 Å². The molecule has 0 atom stereocenters. The van der Waals surface area contributed by atoms with Gasteiger partial charge in [0.2, 0.25) is 5.91 Å². The quantitative estimate of drug-likeness (QED) is 0.638. The first-order valence-corrected chi connectivity index (χ1v) is 9.24. The van der Waals surface area contributed by atoms with Crippen molar-refractivity contribution < 1.29 is 9.53 Å². The number of ether oxygens (including phenoxy) is 1. The minimum Gasteiger partial charge on any atom is -0.492 e. The van der Waals surface area contributed by atoms with Crippen LogP contribution < -0.4 is 10.1 Å². The van der Waals surface area contributed by atoms with Gasteiger partial charge >= 0.3 is 0 Å². The summed E-state index contributed by atoms with van der Waals surface area (Å²) in [4.78, 5) is 12.1. The molecule has 28 heavy (non-hydrogen) atoms. The third-order valence-electron chi connectivity index (χ3n) is 4.33. The highest BCUT2D eigenvalue weighted by Gasteiger charge is 2.13. The van der Waals surface area contributed by atoms with Crippen molar-refractivity contribution in [2.75, 3.05) is 13.2 Å². The summed E-state index contributed by atoms with van der Waals surface area (Å²) in [6, 6.07) is 15.6. The average molecular weight is 379 g/mol. The maximum Gasteiger partial charge on any atom is 0.224 e. The first kappa shape index (κ1) is 19.5. The van der Waals surface area contributed by atoms with Gasteiger partial charge in [0.05, 0.1) is 18.7 Å². The summed E-state index contributed by atoms with van der Waals surface area (Å²) in [6.07, 6.45) is 1.84. The highest BCUT2D eigenvalue weighted by molar-refractivity contribution is 5.78. The molecule has 0 fully saturated rings. The van der Waals surface area contributed by atoms with Crippen LogP contribution in [-0.2, 0) is 16.6 Å². The van der Waals surface area contributed by atoms with E-state index in [0.717, 1.165) is 17.0 Å². The fraction of sp³-hybridized carbons (Fsp3) is 0.333. The number of tetrazole rings is 1. The summed E-state index contributed by atoms with van der Waals surface area (Å²) in [7, 11) is 0. The minimum atomic E-state index is -0.0400. The van der Waals surface area contributed by atoms with Crippen LogP contribution in [0.2, 0.25) is 0 Å². The van der Waals surface area contributed by atoms with Crippen LogP contribution in [0.4, 0.5) is 0 Å². The number of rotatable bonds is 7. The molecule has 0 aliphatic carbocycles. The number of carbonyl (C=O) groups is 1. The number of nitrogens with one attached hydrogen (secondary N) is 1. The predicted molar refractivity (Wildman–Crippen MR) is 107 cm³/mol. The molecule has 2 aromatic carbocycles. The van der Waals surface area contributed by atoms with E-state index in [1.807, 2.05) is 36.4 Å². The zero-order valence-corrected chi connectivity index (χ0v) is 16.4. The number of benzene rings is 2. The highest BCUT2D eigenvalue weighted by atomic mass is 16.5. The molecule has 1 amide bonds. The molecule has 3 aromatic rings. The first-order chi connectivity index (χ1) is 13.4. The van der Waals surface area contributed by atoms with Gasteiger partial charge in [0.1, 0.15) is 18.7 Å². The lowest BCUT2D eigenvalue weighted by molar-refractivity contribution is -0.120. The van der Waals surface area contributed by atoms with Crippen molar-refractivity contribution in [2.45, 2.75) is 32.6 Å². The van der Waals surface area contributed by atoms with Crippen LogP contribution in [0.1, 0.15) is 31.9 Å². The molecule has 0 bridgehead atoms. The molecule has 7 nitrogen and oxygen atoms in total. The molecule has 0 aliphatic rings. The van der Waals surface area contributed by atoms with Crippen LogP contribution in [-0.4, -0.2) is 39.3 Å². The fourth-order valence-electron chi connectivity index (χ4n) is 2.70. The van der Waals surface area contributed by atoms with E-state index < -0.39 is 0 Å². The molecular weight excluding hydrogens is 354 g/mol. The van der Waals surface area contributed by atoms with E-state index in [9.17, 15) is 4.79 Å². The minimum absolute atomic E-state index is 0.0400. The molecule has 0 radical (unpaired) electrons. The standard InChI is InChI=1S/C21H25N5O2/c1-21(2,3)17-6-10-19(11-7-17)28-13-12-22-20(27)14-16-4-8-18(9-5-16)26-15-23-24-25-26/h4-11,15H,12-14H2,1-3H3,(H,22,27). The van der Waals surface area contributed by atoms with Gasteiger partial charge in [-0.25, -0.2) is 4.68 Å². The Kier molecular flexibility index (Phi) is 6.03. The zero-order chi connectivity index (χ0) is 20.0. The van der Waals surface area contributed by atoms with E-state index in [1.165, 1.54) is 11.9 Å². The summed E-state index contributed by atoms with van der Waals surface area (Å²) in [6.45, 7) is 7.43. The van der Waals surface area contributed by atoms with Gasteiger partial charge in [-0.15, -0.1) is 5.10 Å². The predicted octanol–water partition coefficient (Wildman–Crippen LogP) is 2.70. The third-order valence-corrected chi connectivity index (χ3v) is 4.33. The normalized spacial score (nSPS) is 11.2. The third kappa shape index (κ3) is 5.39. The maximum absolute atomic E-state index is 12.1. The monoisotopic (exact) mass is 379 g/mol. The molecule has 0 aliphatic heterocycles. The summed E-state index contributed by atoms with van der Waals surface area (Å²) in [5.74, 6) is 0.766. The Labute approximate surface area is 164 Å². The Bertz CT molecular complexity index is 882. The number of hydrogen-bond donors (Lipinski definition) is 1. The van der Waals surface area contributed by atoms with Crippen LogP contribution in [0.15, 0.2) is 54.9 Å². The number of carbonyl (C=O) groups excluding carboxylic acids is 1. The summed E-state index contributed by atoms with van der Waals surface area (Å²) >= 11 is 0. The molecule has 0 saturated carbocycles. The number of hydrogen-bond acceptors (Lipinski definition) is 5. The second-order valence-corrected chi connectivity index (χ2v) is 7.57. The molecule has 7 heteroatoms. The molecule has 1 heterocycles. The van der Waals surface area contributed by atoms with Crippen LogP contribution in [0.25, 0.3) is 5.69 Å². The molecule has 3 rings (SSSR count). The van der Waals surface area contributed by atoms with Crippen molar-refractivity contribution in [2.24, 2.45) is 0 Å². The van der Waals surface area contributed by atoms with Gasteiger partial charge < -0.3 is 10.1 Å². The number of nitrogens with zero attached hydrogens (tertiary/aromatic N) is 4. The molecule has 0 spiro atoms.